The molecule has 0 saturated carbocycles. The molecule has 1 aromatic rings. The summed E-state index contributed by atoms with van der Waals surface area (Å²) in [5.74, 6) is -1.40. The van der Waals surface area contributed by atoms with Crippen molar-refractivity contribution in [2.75, 3.05) is 0 Å². The molecule has 0 aliphatic heterocycles. The van der Waals surface area contributed by atoms with E-state index >= 15 is 0 Å². The maximum atomic E-state index is 12.4. The van der Waals surface area contributed by atoms with Gasteiger partial charge in [0.1, 0.15) is 5.69 Å². The first-order valence-corrected chi connectivity index (χ1v) is 4.25. The molecule has 0 aliphatic carbocycles. The number of hydrogen-bond donors (Lipinski definition) is 2. The van der Waals surface area contributed by atoms with Crippen LogP contribution in [-0.4, -0.2) is 16.1 Å². The van der Waals surface area contributed by atoms with Gasteiger partial charge in [0.05, 0.1) is 10.6 Å². The molecule has 1 heterocycles. The zero-order valence-electron chi connectivity index (χ0n) is 7.38. The highest BCUT2D eigenvalue weighted by atomic mass is 35.5. The molecule has 7 heteroatoms. The molecule has 3 N–H and O–H groups in total. The molecule has 0 atom stereocenters. The van der Waals surface area contributed by atoms with Gasteiger partial charge < -0.3 is 10.8 Å². The van der Waals surface area contributed by atoms with E-state index < -0.39 is 23.7 Å². The largest absolute Gasteiger partial charge is 0.478 e. The summed E-state index contributed by atoms with van der Waals surface area (Å²) >= 11 is 5.54. The number of alkyl halides is 2. The Morgan fingerprint density at radius 3 is 2.67 bits per heavy atom. The molecule has 1 aromatic heterocycles. The highest BCUT2D eigenvalue weighted by Gasteiger charge is 2.22. The van der Waals surface area contributed by atoms with Gasteiger partial charge in [0.25, 0.3) is 6.43 Å². The first-order valence-electron chi connectivity index (χ1n) is 3.87. The number of hydrogen-bond acceptors (Lipinski definition) is 3. The summed E-state index contributed by atoms with van der Waals surface area (Å²) in [6.07, 6.45) is -2.00. The van der Waals surface area contributed by atoms with E-state index in [2.05, 4.69) is 4.98 Å². The van der Waals surface area contributed by atoms with Gasteiger partial charge in [-0.2, -0.15) is 0 Å². The van der Waals surface area contributed by atoms with Crippen LogP contribution in [0, 0.1) is 0 Å². The van der Waals surface area contributed by atoms with Crippen molar-refractivity contribution in [3.63, 3.8) is 0 Å². The summed E-state index contributed by atoms with van der Waals surface area (Å²) in [6, 6.07) is 0. The number of carboxylic acid groups (broad SMARTS) is 1. The van der Waals surface area contributed by atoms with E-state index in [9.17, 15) is 13.6 Å². The van der Waals surface area contributed by atoms with E-state index in [1.54, 1.807) is 0 Å². The topological polar surface area (TPSA) is 76.2 Å². The van der Waals surface area contributed by atoms with Crippen molar-refractivity contribution >= 4 is 17.6 Å². The Kier molecular flexibility index (Phi) is 3.54. The molecule has 0 unspecified atom stereocenters. The number of rotatable bonds is 3. The third-order valence-corrected chi connectivity index (χ3v) is 2.08. The van der Waals surface area contributed by atoms with Gasteiger partial charge in [-0.05, 0) is 0 Å². The lowest BCUT2D eigenvalue weighted by molar-refractivity contribution is 0.0695. The van der Waals surface area contributed by atoms with Crippen LogP contribution < -0.4 is 5.73 Å². The van der Waals surface area contributed by atoms with E-state index in [0.717, 1.165) is 6.20 Å². The predicted octanol–water partition coefficient (Wildman–Crippen LogP) is 1.83. The zero-order chi connectivity index (χ0) is 11.6. The van der Waals surface area contributed by atoms with Gasteiger partial charge in [-0.1, -0.05) is 11.6 Å². The molecule has 1 rings (SSSR count). The Hall–Kier alpha value is -1.27. The SMILES string of the molecule is NCc1c(C(F)F)ncc(Cl)c1C(=O)O. The number of aromatic nitrogens is 1. The second kappa shape index (κ2) is 4.50. The Balaban J connectivity index is 3.47. The quantitative estimate of drug-likeness (QED) is 0.839. The minimum Gasteiger partial charge on any atom is -0.478 e. The van der Waals surface area contributed by atoms with Gasteiger partial charge in [0, 0.05) is 18.3 Å². The summed E-state index contributed by atoms with van der Waals surface area (Å²) in [4.78, 5) is 14.1. The Labute approximate surface area is 88.7 Å². The number of nitrogens with zero attached hydrogens (tertiary/aromatic N) is 1. The molecule has 4 nitrogen and oxygen atoms in total. The second-order valence-corrected chi connectivity index (χ2v) is 3.06. The van der Waals surface area contributed by atoms with Crippen molar-refractivity contribution < 1.29 is 18.7 Å². The van der Waals surface area contributed by atoms with Gasteiger partial charge in [-0.15, -0.1) is 0 Å². The molecule has 0 aromatic carbocycles. The predicted molar refractivity (Wildman–Crippen MR) is 49.1 cm³/mol. The smallest absolute Gasteiger partial charge is 0.337 e. The van der Waals surface area contributed by atoms with Crippen LogP contribution in [0.4, 0.5) is 8.78 Å². The summed E-state index contributed by atoms with van der Waals surface area (Å²) < 4.78 is 24.9. The van der Waals surface area contributed by atoms with E-state index in [1.807, 2.05) is 0 Å². The second-order valence-electron chi connectivity index (χ2n) is 2.65. The first-order chi connectivity index (χ1) is 6.99. The third kappa shape index (κ3) is 2.21. The molecule has 0 spiro atoms. The van der Waals surface area contributed by atoms with Crippen molar-refractivity contribution in [3.05, 3.63) is 28.0 Å². The fraction of sp³-hybridized carbons (Fsp3) is 0.250. The molecule has 15 heavy (non-hydrogen) atoms. The van der Waals surface area contributed by atoms with Crippen molar-refractivity contribution in [1.82, 2.24) is 4.98 Å². The van der Waals surface area contributed by atoms with Gasteiger partial charge in [0.2, 0.25) is 0 Å². The Bertz CT molecular complexity index is 398. The van der Waals surface area contributed by atoms with E-state index in [0.29, 0.717) is 0 Å². The molecule has 0 amide bonds. The molecule has 0 radical (unpaired) electrons. The van der Waals surface area contributed by atoms with E-state index in [4.69, 9.17) is 22.4 Å². The highest BCUT2D eigenvalue weighted by Crippen LogP contribution is 2.27. The molecular formula is C8H7ClF2N2O2. The van der Waals surface area contributed by atoms with Crippen LogP contribution in [0.1, 0.15) is 28.0 Å². The van der Waals surface area contributed by atoms with Gasteiger partial charge in [-0.3, -0.25) is 4.98 Å². The van der Waals surface area contributed by atoms with Gasteiger partial charge in [-0.25, -0.2) is 13.6 Å². The summed E-state index contributed by atoms with van der Waals surface area (Å²) in [5, 5.41) is 8.57. The van der Waals surface area contributed by atoms with Crippen molar-refractivity contribution in [2.24, 2.45) is 5.73 Å². The van der Waals surface area contributed by atoms with Crippen LogP contribution in [-0.2, 0) is 6.54 Å². The highest BCUT2D eigenvalue weighted by molar-refractivity contribution is 6.33. The van der Waals surface area contributed by atoms with Crippen molar-refractivity contribution in [2.45, 2.75) is 13.0 Å². The van der Waals surface area contributed by atoms with Gasteiger partial charge in [0.15, 0.2) is 0 Å². The maximum Gasteiger partial charge on any atom is 0.337 e. The molecule has 0 bridgehead atoms. The summed E-state index contributed by atoms with van der Waals surface area (Å²) in [6.45, 7) is -0.352. The lowest BCUT2D eigenvalue weighted by Gasteiger charge is -2.10. The Morgan fingerprint density at radius 1 is 1.67 bits per heavy atom. The zero-order valence-corrected chi connectivity index (χ0v) is 8.13. The number of aromatic carboxylic acids is 1. The fourth-order valence-electron chi connectivity index (χ4n) is 1.17. The van der Waals surface area contributed by atoms with E-state index in [-0.39, 0.29) is 17.1 Å². The number of pyridine rings is 1. The summed E-state index contributed by atoms with van der Waals surface area (Å²) in [5.41, 5.74) is 3.92. The Morgan fingerprint density at radius 2 is 2.27 bits per heavy atom. The van der Waals surface area contributed by atoms with Crippen molar-refractivity contribution in [3.8, 4) is 0 Å². The molecule has 0 fully saturated rings. The minimum atomic E-state index is -2.88. The standard InChI is InChI=1S/C8H7ClF2N2O2/c9-4-2-13-6(7(10)11)3(1-12)5(4)8(14)15/h2,7H,1,12H2,(H,14,15). The van der Waals surface area contributed by atoms with Crippen molar-refractivity contribution in [1.29, 1.82) is 0 Å². The van der Waals surface area contributed by atoms with Crippen LogP contribution >= 0.6 is 11.6 Å². The minimum absolute atomic E-state index is 0.202. The van der Waals surface area contributed by atoms with Crippen LogP contribution in [0.3, 0.4) is 0 Å². The lowest BCUT2D eigenvalue weighted by atomic mass is 10.1. The molecular weight excluding hydrogens is 230 g/mol. The molecule has 0 aliphatic rings. The summed E-state index contributed by atoms with van der Waals surface area (Å²) in [7, 11) is 0. The monoisotopic (exact) mass is 236 g/mol. The van der Waals surface area contributed by atoms with Crippen LogP contribution in [0.15, 0.2) is 6.20 Å². The number of carboxylic acids is 1. The lowest BCUT2D eigenvalue weighted by Crippen LogP contribution is -2.13. The van der Waals surface area contributed by atoms with Crippen LogP contribution in [0.5, 0.6) is 0 Å². The molecule has 0 saturated heterocycles. The van der Waals surface area contributed by atoms with Crippen LogP contribution in [0.2, 0.25) is 5.02 Å². The average molecular weight is 237 g/mol. The fourth-order valence-corrected chi connectivity index (χ4v) is 1.41. The van der Waals surface area contributed by atoms with E-state index in [1.165, 1.54) is 0 Å². The maximum absolute atomic E-state index is 12.4. The number of halogens is 3. The number of carbonyl (C=O) groups is 1. The number of nitrogens with two attached hydrogens (primary N) is 1. The normalized spacial score (nSPS) is 10.7. The molecule has 82 valence electrons. The van der Waals surface area contributed by atoms with Crippen LogP contribution in [0.25, 0.3) is 0 Å². The average Bonchev–Trinajstić information content (AvgIpc) is 2.15. The van der Waals surface area contributed by atoms with Gasteiger partial charge >= 0.3 is 5.97 Å². The third-order valence-electron chi connectivity index (χ3n) is 1.79. The first kappa shape index (κ1) is 11.8.